The molecule has 1 amide bonds. The molecule has 7 unspecified atom stereocenters. The van der Waals surface area contributed by atoms with Crippen molar-refractivity contribution >= 4 is 11.9 Å². The molecule has 0 aliphatic carbocycles. The summed E-state index contributed by atoms with van der Waals surface area (Å²) < 4.78 is 16.7. The Bertz CT molecular complexity index is 1450. The van der Waals surface area contributed by atoms with Gasteiger partial charge in [-0.15, -0.1) is 0 Å². The Hall–Kier alpha value is -2.38. The van der Waals surface area contributed by atoms with E-state index in [1.165, 1.54) is 218 Å². The van der Waals surface area contributed by atoms with Crippen molar-refractivity contribution in [1.82, 2.24) is 5.32 Å². The van der Waals surface area contributed by atoms with Gasteiger partial charge in [-0.3, -0.25) is 9.59 Å². The maximum Gasteiger partial charge on any atom is 0.305 e. The van der Waals surface area contributed by atoms with E-state index in [4.69, 9.17) is 14.2 Å². The standard InChI is InChI=1S/C68H125NO10/c1-3-5-7-9-11-13-15-36-40-44-48-52-56-64(73)77-57-53-49-45-41-37-34-32-30-28-26-24-22-20-18-16-17-19-21-23-25-27-29-31-33-35-39-43-47-51-55-63(72)69-60(59-78-68-67(76)66(75)65(74)62(58-70)79-68)61(71)54-50-46-42-38-14-12-10-8-6-4-2/h11,13,16,18,22,24,50,54,60-62,65-68,70-71,74-76H,3-10,12,14-15,17,19-21,23,25-49,51-53,55-59H2,1-2H3,(H,69,72)/b13-11-,18-16-,24-22-,54-50+. The average molecular weight is 1120 g/mol. The molecular weight excluding hydrogens is 991 g/mol. The van der Waals surface area contributed by atoms with Crippen molar-refractivity contribution in [3.05, 3.63) is 48.6 Å². The van der Waals surface area contributed by atoms with Crippen LogP contribution in [-0.2, 0) is 23.8 Å². The van der Waals surface area contributed by atoms with Gasteiger partial charge in [-0.05, 0) is 89.9 Å². The third-order valence-corrected chi connectivity index (χ3v) is 15.7. The number of amides is 1. The first-order chi connectivity index (χ1) is 38.7. The summed E-state index contributed by atoms with van der Waals surface area (Å²) in [5, 5.41) is 54.3. The number of esters is 1. The number of rotatable bonds is 58. The lowest BCUT2D eigenvalue weighted by molar-refractivity contribution is -0.302. The largest absolute Gasteiger partial charge is 0.466 e. The smallest absolute Gasteiger partial charge is 0.305 e. The van der Waals surface area contributed by atoms with Crippen LogP contribution in [-0.4, -0.2) is 100 Å². The van der Waals surface area contributed by atoms with Crippen molar-refractivity contribution in [2.24, 2.45) is 0 Å². The van der Waals surface area contributed by atoms with Gasteiger partial charge in [0.15, 0.2) is 6.29 Å². The molecule has 11 nitrogen and oxygen atoms in total. The minimum Gasteiger partial charge on any atom is -0.466 e. The van der Waals surface area contributed by atoms with Crippen LogP contribution in [0.15, 0.2) is 48.6 Å². The summed E-state index contributed by atoms with van der Waals surface area (Å²) in [6.45, 7) is 4.31. The predicted octanol–water partition coefficient (Wildman–Crippen LogP) is 16.4. The molecule has 0 aromatic heterocycles. The SMILES string of the molecule is CCCCC/C=C\CCCCCCCC(=O)OCCCCCCCCCCC/C=C\C/C=C\CCCCCCCCCCCCCCCC(=O)NC(COC1OC(CO)C(O)C(O)C1O)C(O)/C=C/CCCCCCCCCC. The fourth-order valence-electron chi connectivity index (χ4n) is 10.3. The Morgan fingerprint density at radius 1 is 0.468 bits per heavy atom. The zero-order valence-electron chi connectivity index (χ0n) is 51.1. The van der Waals surface area contributed by atoms with E-state index in [9.17, 15) is 35.1 Å². The summed E-state index contributed by atoms with van der Waals surface area (Å²) in [6.07, 6.45) is 63.8. The van der Waals surface area contributed by atoms with E-state index in [1.807, 2.05) is 6.08 Å². The molecular formula is C68H125NO10. The van der Waals surface area contributed by atoms with Gasteiger partial charge in [0.1, 0.15) is 24.4 Å². The Labute approximate surface area is 485 Å². The van der Waals surface area contributed by atoms with E-state index in [2.05, 4.69) is 55.6 Å². The highest BCUT2D eigenvalue weighted by Gasteiger charge is 2.44. The van der Waals surface area contributed by atoms with Crippen LogP contribution in [0.1, 0.15) is 309 Å². The first-order valence-corrected chi connectivity index (χ1v) is 33.4. The van der Waals surface area contributed by atoms with Gasteiger partial charge < -0.3 is 45.1 Å². The summed E-state index contributed by atoms with van der Waals surface area (Å²) in [4.78, 5) is 25.0. The maximum absolute atomic E-state index is 13.0. The second-order valence-electron chi connectivity index (χ2n) is 23.2. The van der Waals surface area contributed by atoms with Crippen LogP contribution in [0.4, 0.5) is 0 Å². The quantitative estimate of drug-likeness (QED) is 0.0195. The highest BCUT2D eigenvalue weighted by atomic mass is 16.7. The Balaban J connectivity index is 1.98. The first kappa shape index (κ1) is 74.6. The van der Waals surface area contributed by atoms with Crippen molar-refractivity contribution < 1.29 is 49.3 Å². The van der Waals surface area contributed by atoms with E-state index >= 15 is 0 Å². The molecule has 1 rings (SSSR count). The predicted molar refractivity (Wildman–Crippen MR) is 329 cm³/mol. The van der Waals surface area contributed by atoms with Crippen LogP contribution in [0.5, 0.6) is 0 Å². The monoisotopic (exact) mass is 1120 g/mol. The summed E-state index contributed by atoms with van der Waals surface area (Å²) in [6, 6.07) is -0.810. The molecule has 11 heteroatoms. The van der Waals surface area contributed by atoms with E-state index in [0.717, 1.165) is 64.2 Å². The molecule has 1 saturated heterocycles. The summed E-state index contributed by atoms with van der Waals surface area (Å²) in [7, 11) is 0. The number of ether oxygens (including phenoxy) is 3. The van der Waals surface area contributed by atoms with Crippen LogP contribution < -0.4 is 5.32 Å². The number of allylic oxidation sites excluding steroid dienone is 7. The second kappa shape index (κ2) is 57.4. The van der Waals surface area contributed by atoms with Crippen LogP contribution in [0, 0.1) is 0 Å². The molecule has 0 bridgehead atoms. The maximum atomic E-state index is 13.0. The minimum absolute atomic E-state index is 0.00710. The third-order valence-electron chi connectivity index (χ3n) is 15.7. The van der Waals surface area contributed by atoms with Gasteiger partial charge in [-0.2, -0.15) is 0 Å². The van der Waals surface area contributed by atoms with Gasteiger partial charge in [0, 0.05) is 12.8 Å². The molecule has 79 heavy (non-hydrogen) atoms. The summed E-state index contributed by atoms with van der Waals surface area (Å²) >= 11 is 0. The molecule has 0 saturated carbocycles. The number of carbonyl (C=O) groups excluding carboxylic acids is 2. The summed E-state index contributed by atoms with van der Waals surface area (Å²) in [5.41, 5.74) is 0. The van der Waals surface area contributed by atoms with Gasteiger partial charge in [0.2, 0.25) is 5.91 Å². The van der Waals surface area contributed by atoms with E-state index in [-0.39, 0.29) is 18.5 Å². The Morgan fingerprint density at radius 2 is 0.848 bits per heavy atom. The summed E-state index contributed by atoms with van der Waals surface area (Å²) in [5.74, 6) is -0.191. The van der Waals surface area contributed by atoms with Crippen LogP contribution >= 0.6 is 0 Å². The normalized spacial score (nSPS) is 18.7. The number of unbranched alkanes of at least 4 members (excludes halogenated alkanes) is 38. The lowest BCUT2D eigenvalue weighted by atomic mass is 9.99. The third kappa shape index (κ3) is 46.8. The van der Waals surface area contributed by atoms with Crippen molar-refractivity contribution in [3.63, 3.8) is 0 Å². The zero-order valence-corrected chi connectivity index (χ0v) is 51.1. The number of carbonyl (C=O) groups is 2. The molecule has 6 N–H and O–H groups in total. The molecule has 462 valence electrons. The fourth-order valence-corrected chi connectivity index (χ4v) is 10.3. The molecule has 0 aromatic rings. The van der Waals surface area contributed by atoms with Crippen molar-refractivity contribution in [1.29, 1.82) is 0 Å². The molecule has 1 aliphatic rings. The molecule has 1 fully saturated rings. The number of aliphatic hydroxyl groups excluding tert-OH is 5. The topological polar surface area (TPSA) is 175 Å². The van der Waals surface area contributed by atoms with Gasteiger partial charge in [-0.1, -0.05) is 255 Å². The molecule has 7 atom stereocenters. The highest BCUT2D eigenvalue weighted by Crippen LogP contribution is 2.23. The first-order valence-electron chi connectivity index (χ1n) is 33.4. The van der Waals surface area contributed by atoms with Gasteiger partial charge in [0.25, 0.3) is 0 Å². The van der Waals surface area contributed by atoms with Crippen LogP contribution in [0.3, 0.4) is 0 Å². The van der Waals surface area contributed by atoms with Crippen molar-refractivity contribution in [2.45, 2.75) is 352 Å². The van der Waals surface area contributed by atoms with Crippen molar-refractivity contribution in [2.75, 3.05) is 19.8 Å². The Kier molecular flexibility index (Phi) is 54.3. The highest BCUT2D eigenvalue weighted by molar-refractivity contribution is 5.76. The lowest BCUT2D eigenvalue weighted by Crippen LogP contribution is -2.60. The fraction of sp³-hybridized carbons (Fsp3) is 0.853. The molecule has 0 aromatic carbocycles. The minimum atomic E-state index is -1.57. The van der Waals surface area contributed by atoms with Gasteiger partial charge >= 0.3 is 5.97 Å². The van der Waals surface area contributed by atoms with Crippen LogP contribution in [0.2, 0.25) is 0 Å². The molecule has 1 aliphatic heterocycles. The van der Waals surface area contributed by atoms with E-state index in [1.54, 1.807) is 6.08 Å². The van der Waals surface area contributed by atoms with E-state index in [0.29, 0.717) is 19.4 Å². The van der Waals surface area contributed by atoms with Gasteiger partial charge in [-0.25, -0.2) is 0 Å². The lowest BCUT2D eigenvalue weighted by Gasteiger charge is -2.40. The van der Waals surface area contributed by atoms with Gasteiger partial charge in [0.05, 0.1) is 32.0 Å². The Morgan fingerprint density at radius 3 is 1.32 bits per heavy atom. The number of nitrogens with one attached hydrogen (secondary N) is 1. The van der Waals surface area contributed by atoms with E-state index < -0.39 is 49.5 Å². The number of aliphatic hydroxyl groups is 5. The second-order valence-corrected chi connectivity index (χ2v) is 23.2. The number of hydrogen-bond acceptors (Lipinski definition) is 10. The number of hydrogen-bond donors (Lipinski definition) is 6. The zero-order chi connectivity index (χ0) is 57.3. The average Bonchev–Trinajstić information content (AvgIpc) is 3.46. The molecule has 1 heterocycles. The van der Waals surface area contributed by atoms with Crippen LogP contribution in [0.25, 0.3) is 0 Å². The molecule has 0 spiro atoms. The van der Waals surface area contributed by atoms with Crippen molar-refractivity contribution in [3.8, 4) is 0 Å². The molecule has 0 radical (unpaired) electrons.